The molecule has 1 heterocycles. The van der Waals surface area contributed by atoms with E-state index in [0.29, 0.717) is 0 Å². The van der Waals surface area contributed by atoms with Crippen molar-refractivity contribution in [3.63, 3.8) is 0 Å². The smallest absolute Gasteiger partial charge is 0.327 e. The van der Waals surface area contributed by atoms with Crippen LogP contribution in [-0.2, 0) is 23.9 Å². The fourth-order valence-electron chi connectivity index (χ4n) is 2.04. The molecule has 0 aliphatic rings. The quantitative estimate of drug-likeness (QED) is 0.610. The second-order valence-electron chi connectivity index (χ2n) is 4.90. The molecule has 0 aromatic carbocycles. The van der Waals surface area contributed by atoms with Crippen molar-refractivity contribution in [2.75, 3.05) is 13.2 Å². The maximum absolute atomic E-state index is 12.2. The highest BCUT2D eigenvalue weighted by Crippen LogP contribution is 2.15. The number of ether oxygens (including phenoxy) is 2. The van der Waals surface area contributed by atoms with Crippen molar-refractivity contribution in [2.45, 2.75) is 26.3 Å². The second-order valence-corrected chi connectivity index (χ2v) is 4.90. The zero-order valence-electron chi connectivity index (χ0n) is 13.9. The highest BCUT2D eigenvalue weighted by atomic mass is 16.5. The first-order valence-electron chi connectivity index (χ1n) is 7.66. The van der Waals surface area contributed by atoms with Gasteiger partial charge < -0.3 is 19.9 Å². The number of carboxylic acid groups (broad SMARTS) is 1. The fraction of sp³-hybridized carbons (Fsp3) is 0.438. The molecule has 0 aliphatic carbocycles. The molecule has 1 aromatic heterocycles. The topological polar surface area (TPSA) is 132 Å². The molecule has 25 heavy (non-hydrogen) atoms. The molecule has 0 radical (unpaired) electrons. The third kappa shape index (κ3) is 6.21. The van der Waals surface area contributed by atoms with Crippen LogP contribution in [0.1, 0.15) is 30.6 Å². The van der Waals surface area contributed by atoms with E-state index in [1.807, 2.05) is 0 Å². The Morgan fingerprint density at radius 3 is 2.40 bits per heavy atom. The SMILES string of the molecule is CCOC(=O)C[C@H](C(=O)OCC)[C@H](NC(=O)c1cccnc1)C(=O)O. The monoisotopic (exact) mass is 352 g/mol. The number of amides is 1. The van der Waals surface area contributed by atoms with Crippen LogP contribution in [-0.4, -0.2) is 53.2 Å². The Kier molecular flexibility index (Phi) is 8.04. The molecule has 0 fully saturated rings. The molecular weight excluding hydrogens is 332 g/mol. The van der Waals surface area contributed by atoms with Crippen LogP contribution in [0.25, 0.3) is 0 Å². The summed E-state index contributed by atoms with van der Waals surface area (Å²) in [5, 5.41) is 11.6. The van der Waals surface area contributed by atoms with Crippen LogP contribution in [0.2, 0.25) is 0 Å². The summed E-state index contributed by atoms with van der Waals surface area (Å²) in [4.78, 5) is 51.3. The van der Waals surface area contributed by atoms with E-state index in [4.69, 9.17) is 9.47 Å². The van der Waals surface area contributed by atoms with Gasteiger partial charge in [-0.3, -0.25) is 19.4 Å². The molecule has 0 bridgehead atoms. The van der Waals surface area contributed by atoms with E-state index < -0.39 is 42.2 Å². The van der Waals surface area contributed by atoms with Crippen molar-refractivity contribution in [1.29, 1.82) is 0 Å². The van der Waals surface area contributed by atoms with Gasteiger partial charge in [0, 0.05) is 12.4 Å². The van der Waals surface area contributed by atoms with E-state index in [1.165, 1.54) is 24.5 Å². The average molecular weight is 352 g/mol. The summed E-state index contributed by atoms with van der Waals surface area (Å²) in [7, 11) is 0. The lowest BCUT2D eigenvalue weighted by Gasteiger charge is -2.22. The predicted molar refractivity (Wildman–Crippen MR) is 84.5 cm³/mol. The molecule has 0 unspecified atom stereocenters. The second kappa shape index (κ2) is 10.0. The van der Waals surface area contributed by atoms with Crippen LogP contribution in [0.4, 0.5) is 0 Å². The molecule has 2 N–H and O–H groups in total. The summed E-state index contributed by atoms with van der Waals surface area (Å²) >= 11 is 0. The summed E-state index contributed by atoms with van der Waals surface area (Å²) in [6.45, 7) is 3.20. The van der Waals surface area contributed by atoms with Crippen molar-refractivity contribution < 1.29 is 33.8 Å². The Bertz CT molecular complexity index is 618. The van der Waals surface area contributed by atoms with Gasteiger partial charge in [0.05, 0.1) is 31.1 Å². The zero-order chi connectivity index (χ0) is 18.8. The summed E-state index contributed by atoms with van der Waals surface area (Å²) < 4.78 is 9.59. The maximum atomic E-state index is 12.2. The largest absolute Gasteiger partial charge is 0.480 e. The first-order valence-corrected chi connectivity index (χ1v) is 7.66. The van der Waals surface area contributed by atoms with Gasteiger partial charge in [-0.15, -0.1) is 0 Å². The Labute approximate surface area is 144 Å². The van der Waals surface area contributed by atoms with Crippen molar-refractivity contribution in [3.05, 3.63) is 30.1 Å². The van der Waals surface area contributed by atoms with Crippen LogP contribution in [0, 0.1) is 5.92 Å². The van der Waals surface area contributed by atoms with Gasteiger partial charge in [0.15, 0.2) is 0 Å². The van der Waals surface area contributed by atoms with E-state index >= 15 is 0 Å². The van der Waals surface area contributed by atoms with Crippen molar-refractivity contribution in [1.82, 2.24) is 10.3 Å². The molecule has 0 saturated carbocycles. The van der Waals surface area contributed by atoms with Crippen LogP contribution in [0.5, 0.6) is 0 Å². The number of aliphatic carboxylic acids is 1. The maximum Gasteiger partial charge on any atom is 0.327 e. The van der Waals surface area contributed by atoms with Gasteiger partial charge in [-0.1, -0.05) is 0 Å². The van der Waals surface area contributed by atoms with Crippen LogP contribution < -0.4 is 5.32 Å². The number of rotatable bonds is 9. The van der Waals surface area contributed by atoms with E-state index in [-0.39, 0.29) is 18.8 Å². The number of esters is 2. The van der Waals surface area contributed by atoms with Gasteiger partial charge in [-0.25, -0.2) is 4.79 Å². The molecule has 2 atom stereocenters. The number of aromatic nitrogens is 1. The molecule has 9 heteroatoms. The van der Waals surface area contributed by atoms with Gasteiger partial charge in [0.1, 0.15) is 6.04 Å². The minimum atomic E-state index is -1.66. The molecule has 1 aromatic rings. The van der Waals surface area contributed by atoms with Crippen LogP contribution in [0.15, 0.2) is 24.5 Å². The number of hydrogen-bond donors (Lipinski definition) is 2. The van der Waals surface area contributed by atoms with Crippen molar-refractivity contribution in [2.24, 2.45) is 5.92 Å². The number of carbonyl (C=O) groups is 4. The molecule has 1 rings (SSSR count). The molecule has 0 aliphatic heterocycles. The molecule has 9 nitrogen and oxygen atoms in total. The molecule has 0 spiro atoms. The normalized spacial score (nSPS) is 12.6. The van der Waals surface area contributed by atoms with Gasteiger partial charge >= 0.3 is 17.9 Å². The van der Waals surface area contributed by atoms with Gasteiger partial charge in [0.25, 0.3) is 5.91 Å². The van der Waals surface area contributed by atoms with Crippen molar-refractivity contribution >= 4 is 23.8 Å². The molecule has 1 amide bonds. The molecule has 0 saturated heterocycles. The Balaban J connectivity index is 3.01. The highest BCUT2D eigenvalue weighted by Gasteiger charge is 2.38. The van der Waals surface area contributed by atoms with Crippen LogP contribution >= 0.6 is 0 Å². The van der Waals surface area contributed by atoms with Gasteiger partial charge in [-0.05, 0) is 26.0 Å². The number of carbonyl (C=O) groups excluding carboxylic acids is 3. The highest BCUT2D eigenvalue weighted by molar-refractivity contribution is 5.98. The molecule has 136 valence electrons. The average Bonchev–Trinajstić information content (AvgIpc) is 2.58. The van der Waals surface area contributed by atoms with Crippen molar-refractivity contribution in [3.8, 4) is 0 Å². The number of hydrogen-bond acceptors (Lipinski definition) is 7. The Morgan fingerprint density at radius 2 is 1.88 bits per heavy atom. The van der Waals surface area contributed by atoms with Gasteiger partial charge in [0.2, 0.25) is 0 Å². The van der Waals surface area contributed by atoms with E-state index in [0.717, 1.165) is 0 Å². The first kappa shape index (κ1) is 20.1. The number of carboxylic acids is 1. The third-order valence-corrected chi connectivity index (χ3v) is 3.16. The third-order valence-electron chi connectivity index (χ3n) is 3.16. The lowest BCUT2D eigenvalue weighted by molar-refractivity contribution is -0.159. The minimum Gasteiger partial charge on any atom is -0.480 e. The fourth-order valence-corrected chi connectivity index (χ4v) is 2.04. The first-order chi connectivity index (χ1) is 11.9. The predicted octanol–water partition coefficient (Wildman–Crippen LogP) is 0.397. The molecular formula is C16H20N2O7. The summed E-state index contributed by atoms with van der Waals surface area (Å²) in [5.41, 5.74) is 0.118. The van der Waals surface area contributed by atoms with Gasteiger partial charge in [-0.2, -0.15) is 0 Å². The minimum absolute atomic E-state index is 0.00104. The summed E-state index contributed by atoms with van der Waals surface area (Å²) in [6.07, 6.45) is 2.17. The van der Waals surface area contributed by atoms with Crippen LogP contribution in [0.3, 0.4) is 0 Å². The summed E-state index contributed by atoms with van der Waals surface area (Å²) in [6, 6.07) is 1.29. The summed E-state index contributed by atoms with van der Waals surface area (Å²) in [5.74, 6) is -5.30. The number of nitrogens with one attached hydrogen (secondary N) is 1. The lowest BCUT2D eigenvalue weighted by atomic mass is 9.95. The number of pyridine rings is 1. The number of nitrogens with zero attached hydrogens (tertiary/aromatic N) is 1. The Hall–Kier alpha value is -2.97. The standard InChI is InChI=1S/C16H20N2O7/c1-3-24-12(19)8-11(16(23)25-4-2)13(15(21)22)18-14(20)10-6-5-7-17-9-10/h5-7,9,11,13H,3-4,8H2,1-2H3,(H,18,20)(H,21,22)/t11-,13-/m0/s1. The Morgan fingerprint density at radius 1 is 1.20 bits per heavy atom. The lowest BCUT2D eigenvalue weighted by Crippen LogP contribution is -2.49. The zero-order valence-corrected chi connectivity index (χ0v) is 13.9. The van der Waals surface area contributed by atoms with E-state index in [9.17, 15) is 24.3 Å². The van der Waals surface area contributed by atoms with E-state index in [2.05, 4.69) is 10.3 Å². The van der Waals surface area contributed by atoms with E-state index in [1.54, 1.807) is 13.8 Å².